The molecule has 0 aliphatic carbocycles. The lowest BCUT2D eigenvalue weighted by Gasteiger charge is -2.09. The van der Waals surface area contributed by atoms with Crippen molar-refractivity contribution in [3.63, 3.8) is 0 Å². The number of amides is 1. The molecule has 0 aliphatic rings. The maximum absolute atomic E-state index is 12.2. The number of nitrogens with two attached hydrogens (primary N) is 1. The lowest BCUT2D eigenvalue weighted by molar-refractivity contribution is -0.384. The first-order valence-corrected chi connectivity index (χ1v) is 6.48. The van der Waals surface area contributed by atoms with E-state index < -0.39 is 10.8 Å². The first-order valence-electron chi connectivity index (χ1n) is 5.69. The molecule has 4 N–H and O–H groups in total. The van der Waals surface area contributed by atoms with Crippen LogP contribution in [-0.2, 0) is 0 Å². The molecule has 0 atom stereocenters. The van der Waals surface area contributed by atoms with Crippen molar-refractivity contribution < 1.29 is 9.72 Å². The summed E-state index contributed by atoms with van der Waals surface area (Å²) in [6, 6.07) is 7.06. The van der Waals surface area contributed by atoms with Gasteiger partial charge in [0.25, 0.3) is 11.6 Å². The summed E-state index contributed by atoms with van der Waals surface area (Å²) in [5.41, 5.74) is 2.45. The van der Waals surface area contributed by atoms with Crippen LogP contribution in [0.2, 0.25) is 0 Å². The summed E-state index contributed by atoms with van der Waals surface area (Å²) >= 11 is 3.23. The molecule has 0 bridgehead atoms. The van der Waals surface area contributed by atoms with E-state index in [2.05, 4.69) is 31.7 Å². The SMILES string of the molecule is NNc1ccc([N+](=O)[O-])cc1C(=O)Nc1ccc(Br)cn1. The number of nitro groups is 1. The van der Waals surface area contributed by atoms with Crippen LogP contribution in [0.25, 0.3) is 0 Å². The number of non-ortho nitro benzene ring substituents is 1. The second kappa shape index (κ2) is 6.29. The van der Waals surface area contributed by atoms with Gasteiger partial charge in [-0.15, -0.1) is 0 Å². The van der Waals surface area contributed by atoms with E-state index in [0.717, 1.165) is 10.5 Å². The topological polar surface area (TPSA) is 123 Å². The zero-order chi connectivity index (χ0) is 15.4. The number of nitrogen functional groups attached to an aromatic ring is 1. The van der Waals surface area contributed by atoms with Crippen LogP contribution in [-0.4, -0.2) is 15.8 Å². The van der Waals surface area contributed by atoms with Crippen molar-refractivity contribution in [2.24, 2.45) is 5.84 Å². The highest BCUT2D eigenvalue weighted by Crippen LogP contribution is 2.22. The maximum atomic E-state index is 12.2. The highest BCUT2D eigenvalue weighted by atomic mass is 79.9. The molecule has 0 saturated carbocycles. The zero-order valence-electron chi connectivity index (χ0n) is 10.5. The Bertz CT molecular complexity index is 690. The number of benzene rings is 1. The first-order chi connectivity index (χ1) is 10.0. The van der Waals surface area contributed by atoms with E-state index in [0.29, 0.717) is 5.82 Å². The molecule has 2 aromatic rings. The number of anilines is 2. The molecule has 1 amide bonds. The Hall–Kier alpha value is -2.52. The minimum Gasteiger partial charge on any atom is -0.323 e. The monoisotopic (exact) mass is 351 g/mol. The molecule has 0 saturated heterocycles. The molecule has 0 fully saturated rings. The molecule has 1 aromatic carbocycles. The van der Waals surface area contributed by atoms with Gasteiger partial charge >= 0.3 is 0 Å². The van der Waals surface area contributed by atoms with Gasteiger partial charge in [0.15, 0.2) is 0 Å². The molecular weight excluding hydrogens is 342 g/mol. The molecule has 0 unspecified atom stereocenters. The summed E-state index contributed by atoms with van der Waals surface area (Å²) in [6.45, 7) is 0. The van der Waals surface area contributed by atoms with E-state index in [1.807, 2.05) is 0 Å². The van der Waals surface area contributed by atoms with Crippen molar-refractivity contribution in [2.75, 3.05) is 10.7 Å². The Morgan fingerprint density at radius 3 is 2.67 bits per heavy atom. The molecule has 0 aliphatic heterocycles. The number of pyridine rings is 1. The molecule has 8 nitrogen and oxygen atoms in total. The normalized spacial score (nSPS) is 10.0. The number of carbonyl (C=O) groups is 1. The van der Waals surface area contributed by atoms with Crippen LogP contribution in [0.1, 0.15) is 10.4 Å². The summed E-state index contributed by atoms with van der Waals surface area (Å²) in [6.07, 6.45) is 1.52. The largest absolute Gasteiger partial charge is 0.323 e. The third kappa shape index (κ3) is 3.52. The van der Waals surface area contributed by atoms with Crippen molar-refractivity contribution >= 4 is 39.0 Å². The molecule has 2 rings (SSSR count). The number of carbonyl (C=O) groups excluding carboxylic acids is 1. The number of hydrogen-bond donors (Lipinski definition) is 3. The van der Waals surface area contributed by atoms with E-state index in [4.69, 9.17) is 5.84 Å². The van der Waals surface area contributed by atoms with Gasteiger partial charge in [-0.2, -0.15) is 0 Å². The highest BCUT2D eigenvalue weighted by Gasteiger charge is 2.16. The van der Waals surface area contributed by atoms with E-state index in [1.165, 1.54) is 18.3 Å². The lowest BCUT2D eigenvalue weighted by Crippen LogP contribution is -2.18. The van der Waals surface area contributed by atoms with Gasteiger partial charge in [-0.3, -0.25) is 20.8 Å². The number of rotatable bonds is 4. The van der Waals surface area contributed by atoms with E-state index in [9.17, 15) is 14.9 Å². The van der Waals surface area contributed by atoms with Crippen LogP contribution in [0.5, 0.6) is 0 Å². The number of aromatic nitrogens is 1. The van der Waals surface area contributed by atoms with Gasteiger partial charge in [0.2, 0.25) is 0 Å². The van der Waals surface area contributed by atoms with E-state index in [-0.39, 0.29) is 16.9 Å². The average Bonchev–Trinajstić information content (AvgIpc) is 2.48. The summed E-state index contributed by atoms with van der Waals surface area (Å²) in [4.78, 5) is 26.4. The van der Waals surface area contributed by atoms with Crippen molar-refractivity contribution in [2.45, 2.75) is 0 Å². The molecule has 9 heteroatoms. The third-order valence-corrected chi connectivity index (χ3v) is 3.05. The number of halogens is 1. The summed E-state index contributed by atoms with van der Waals surface area (Å²) in [5.74, 6) is 5.07. The van der Waals surface area contributed by atoms with Crippen LogP contribution < -0.4 is 16.6 Å². The van der Waals surface area contributed by atoms with Gasteiger partial charge in [-0.25, -0.2) is 4.98 Å². The number of nitrogens with zero attached hydrogens (tertiary/aromatic N) is 2. The first kappa shape index (κ1) is 14.9. The lowest BCUT2D eigenvalue weighted by atomic mass is 10.1. The standard InChI is InChI=1S/C12H10BrN5O3/c13-7-1-4-11(15-6-7)16-12(19)9-5-8(18(20)21)2-3-10(9)17-14/h1-6,17H,14H2,(H,15,16,19). The third-order valence-electron chi connectivity index (χ3n) is 2.58. The average molecular weight is 352 g/mol. The Labute approximate surface area is 127 Å². The maximum Gasteiger partial charge on any atom is 0.270 e. The fourth-order valence-electron chi connectivity index (χ4n) is 1.59. The fraction of sp³-hybridized carbons (Fsp3) is 0. The molecule has 108 valence electrons. The van der Waals surface area contributed by atoms with Crippen LogP contribution in [0, 0.1) is 10.1 Å². The minimum absolute atomic E-state index is 0.0522. The second-order valence-electron chi connectivity index (χ2n) is 3.95. The van der Waals surface area contributed by atoms with Gasteiger partial charge in [0, 0.05) is 22.8 Å². The molecule has 1 heterocycles. The van der Waals surface area contributed by atoms with Crippen LogP contribution in [0.3, 0.4) is 0 Å². The smallest absolute Gasteiger partial charge is 0.270 e. The summed E-state index contributed by atoms with van der Waals surface area (Å²) in [7, 11) is 0. The molecule has 21 heavy (non-hydrogen) atoms. The van der Waals surface area contributed by atoms with Crippen molar-refractivity contribution in [3.8, 4) is 0 Å². The van der Waals surface area contributed by atoms with Gasteiger partial charge in [0.1, 0.15) is 5.82 Å². The van der Waals surface area contributed by atoms with Crippen molar-refractivity contribution in [1.29, 1.82) is 0 Å². The Morgan fingerprint density at radius 2 is 2.10 bits per heavy atom. The van der Waals surface area contributed by atoms with E-state index >= 15 is 0 Å². The van der Waals surface area contributed by atoms with Gasteiger partial charge in [-0.05, 0) is 34.1 Å². The Kier molecular flexibility index (Phi) is 4.45. The molecule has 0 spiro atoms. The van der Waals surface area contributed by atoms with Crippen LogP contribution in [0.15, 0.2) is 41.0 Å². The summed E-state index contributed by atoms with van der Waals surface area (Å²) < 4.78 is 0.764. The number of hydrogen-bond acceptors (Lipinski definition) is 6. The number of nitrogens with one attached hydrogen (secondary N) is 2. The van der Waals surface area contributed by atoms with Gasteiger partial charge in [-0.1, -0.05) is 0 Å². The van der Waals surface area contributed by atoms with Gasteiger partial charge in [0.05, 0.1) is 16.2 Å². The number of nitro benzene ring substituents is 1. The van der Waals surface area contributed by atoms with Crippen molar-refractivity contribution in [1.82, 2.24) is 4.98 Å². The molecule has 1 aromatic heterocycles. The zero-order valence-corrected chi connectivity index (χ0v) is 12.1. The Morgan fingerprint density at radius 1 is 1.33 bits per heavy atom. The van der Waals surface area contributed by atoms with Crippen LogP contribution >= 0.6 is 15.9 Å². The summed E-state index contributed by atoms with van der Waals surface area (Å²) in [5, 5.41) is 13.3. The molecular formula is C12H10BrN5O3. The molecule has 0 radical (unpaired) electrons. The van der Waals surface area contributed by atoms with Crippen LogP contribution in [0.4, 0.5) is 17.2 Å². The second-order valence-corrected chi connectivity index (χ2v) is 4.86. The predicted octanol–water partition coefficient (Wildman–Crippen LogP) is 2.29. The Balaban J connectivity index is 2.30. The quantitative estimate of drug-likeness (QED) is 0.441. The van der Waals surface area contributed by atoms with E-state index in [1.54, 1.807) is 12.1 Å². The minimum atomic E-state index is -0.588. The highest BCUT2D eigenvalue weighted by molar-refractivity contribution is 9.10. The van der Waals surface area contributed by atoms with Gasteiger partial charge < -0.3 is 10.7 Å². The van der Waals surface area contributed by atoms with Crippen molar-refractivity contribution in [3.05, 3.63) is 56.7 Å². The fourth-order valence-corrected chi connectivity index (χ4v) is 1.83. The predicted molar refractivity (Wildman–Crippen MR) is 80.8 cm³/mol. The number of hydrazine groups is 1.